The zero-order chi connectivity index (χ0) is 21.6. The average molecular weight is 396 g/mol. The van der Waals surface area contributed by atoms with E-state index in [4.69, 9.17) is 15.3 Å². The van der Waals surface area contributed by atoms with Crippen LogP contribution in [0.2, 0.25) is 0 Å². The van der Waals surface area contributed by atoms with Crippen LogP contribution in [0, 0.1) is 5.92 Å². The van der Waals surface area contributed by atoms with Crippen LogP contribution in [0.1, 0.15) is 41.5 Å². The van der Waals surface area contributed by atoms with E-state index in [0.717, 1.165) is 0 Å². The highest BCUT2D eigenvalue weighted by atomic mass is 16.4. The van der Waals surface area contributed by atoms with Crippen LogP contribution in [0.5, 0.6) is 0 Å². The Bertz CT molecular complexity index is 348. The molecular weight excluding hydrogens is 352 g/mol. The van der Waals surface area contributed by atoms with E-state index in [1.807, 2.05) is 0 Å². The van der Waals surface area contributed by atoms with Crippen molar-refractivity contribution in [1.82, 2.24) is 4.90 Å². The lowest BCUT2D eigenvalue weighted by Crippen LogP contribution is -2.51. The van der Waals surface area contributed by atoms with Crippen molar-refractivity contribution in [2.75, 3.05) is 52.5 Å². The van der Waals surface area contributed by atoms with Gasteiger partial charge < -0.3 is 30.0 Å². The zero-order valence-corrected chi connectivity index (χ0v) is 18.0. The molecule has 0 aromatic heterocycles. The first-order chi connectivity index (χ1) is 12.6. The molecule has 0 bridgehead atoms. The molecule has 8 nitrogen and oxygen atoms in total. The van der Waals surface area contributed by atoms with Crippen LogP contribution in [0.25, 0.3) is 0 Å². The van der Waals surface area contributed by atoms with Crippen molar-refractivity contribution in [2.45, 2.75) is 59.8 Å². The first kappa shape index (κ1) is 28.4. The number of nitrogens with zero attached hydrogens (tertiary/aromatic N) is 2. The van der Waals surface area contributed by atoms with Gasteiger partial charge in [0.05, 0.1) is 51.6 Å². The summed E-state index contributed by atoms with van der Waals surface area (Å²) in [5.74, 6) is -1.31. The second-order valence-electron chi connectivity index (χ2n) is 7.26. The Morgan fingerprint density at radius 2 is 1.19 bits per heavy atom. The Morgan fingerprint density at radius 1 is 0.852 bits per heavy atom. The lowest BCUT2D eigenvalue weighted by molar-refractivity contribution is -0.921. The molecule has 0 spiro atoms. The van der Waals surface area contributed by atoms with Crippen LogP contribution in [-0.4, -0.2) is 112 Å². The Kier molecular flexibility index (Phi) is 16.0. The predicted molar refractivity (Wildman–Crippen MR) is 106 cm³/mol. The fraction of sp³-hybridized carbons (Fsp3) is 0.947. The third-order valence-electron chi connectivity index (χ3n) is 5.27. The van der Waals surface area contributed by atoms with E-state index in [0.29, 0.717) is 0 Å². The number of carboxylic acid groups (broad SMARTS) is 1. The first-order valence-corrected chi connectivity index (χ1v) is 9.97. The summed E-state index contributed by atoms with van der Waals surface area (Å²) in [5, 5.41) is 45.5. The van der Waals surface area contributed by atoms with Gasteiger partial charge in [-0.05, 0) is 33.6 Å². The number of carbonyl (C=O) groups is 1. The van der Waals surface area contributed by atoms with Gasteiger partial charge in [0, 0.05) is 13.1 Å². The van der Waals surface area contributed by atoms with E-state index in [2.05, 4.69) is 27.7 Å². The van der Waals surface area contributed by atoms with Gasteiger partial charge in [-0.1, -0.05) is 13.8 Å². The summed E-state index contributed by atoms with van der Waals surface area (Å²) < 4.78 is 1.28. The summed E-state index contributed by atoms with van der Waals surface area (Å²) in [6.45, 7) is 16.5. The monoisotopic (exact) mass is 395 g/mol. The van der Waals surface area contributed by atoms with E-state index < -0.39 is 37.4 Å². The van der Waals surface area contributed by atoms with Gasteiger partial charge in [0.2, 0.25) is 0 Å². The Morgan fingerprint density at radius 3 is 1.33 bits per heavy atom. The third kappa shape index (κ3) is 11.0. The number of quaternary nitrogens is 1. The molecule has 0 aliphatic heterocycles. The topological polar surface area (TPSA) is 121 Å². The maximum atomic E-state index is 11.2. The minimum absolute atomic E-state index is 0.0806. The largest absolute Gasteiger partial charge is 0.480 e. The summed E-state index contributed by atoms with van der Waals surface area (Å²) in [6, 6.07) is -0.896. The van der Waals surface area contributed by atoms with E-state index in [1.165, 1.54) is 35.6 Å². The fourth-order valence-corrected chi connectivity index (χ4v) is 3.16. The number of hydrogen-bond donors (Lipinski definition) is 5. The molecule has 3 unspecified atom stereocenters. The number of carboxylic acids is 1. The molecule has 0 rings (SSSR count). The Labute approximate surface area is 164 Å². The van der Waals surface area contributed by atoms with Crippen LogP contribution in [-0.2, 0) is 4.79 Å². The van der Waals surface area contributed by atoms with E-state index in [-0.39, 0.29) is 19.0 Å². The molecule has 8 heteroatoms. The summed E-state index contributed by atoms with van der Waals surface area (Å²) in [6.07, 6.45) is -2.17. The molecule has 0 fully saturated rings. The molecule has 0 heterocycles. The molecule has 0 aromatic carbocycles. The third-order valence-corrected chi connectivity index (χ3v) is 5.27. The second-order valence-corrected chi connectivity index (χ2v) is 7.26. The molecule has 0 aliphatic carbocycles. The number of aliphatic hydroxyl groups excluding tert-OH is 4. The fourth-order valence-electron chi connectivity index (χ4n) is 3.16. The summed E-state index contributed by atoms with van der Waals surface area (Å²) in [7, 11) is 0. The lowest BCUT2D eigenvalue weighted by atomic mass is 10.0. The van der Waals surface area contributed by atoms with Gasteiger partial charge in [-0.2, -0.15) is 0 Å². The molecule has 27 heavy (non-hydrogen) atoms. The van der Waals surface area contributed by atoms with Crippen molar-refractivity contribution in [3.63, 3.8) is 0 Å². The predicted octanol–water partition coefficient (Wildman–Crippen LogP) is -0.0132. The van der Waals surface area contributed by atoms with Crippen molar-refractivity contribution in [1.29, 1.82) is 0 Å². The molecule has 0 amide bonds. The van der Waals surface area contributed by atoms with Crippen LogP contribution in [0.15, 0.2) is 0 Å². The lowest BCUT2D eigenvalue weighted by Gasteiger charge is -2.34. The number of aliphatic carboxylic acids is 1. The van der Waals surface area contributed by atoms with Crippen molar-refractivity contribution >= 4 is 5.97 Å². The summed E-state index contributed by atoms with van der Waals surface area (Å²) in [4.78, 5) is 12.5. The normalized spacial score (nSPS) is 15.3. The molecule has 0 saturated heterocycles. The number of aliphatic hydroxyl groups is 4. The van der Waals surface area contributed by atoms with Crippen LogP contribution in [0.3, 0.4) is 0 Å². The van der Waals surface area contributed by atoms with Crippen molar-refractivity contribution in [3.8, 4) is 0 Å². The molecule has 0 radical (unpaired) electrons. The molecule has 0 saturated carbocycles. The van der Waals surface area contributed by atoms with E-state index >= 15 is 0 Å². The van der Waals surface area contributed by atoms with Crippen LogP contribution < -0.4 is 0 Å². The minimum atomic E-state index is -1.09. The zero-order valence-electron chi connectivity index (χ0n) is 18.0. The Hall–Kier alpha value is -0.770. The number of rotatable bonds is 13. The quantitative estimate of drug-likeness (QED) is 0.278. The van der Waals surface area contributed by atoms with Crippen molar-refractivity contribution in [2.24, 2.45) is 5.92 Å². The van der Waals surface area contributed by atoms with Gasteiger partial charge in [0.25, 0.3) is 0 Å². The van der Waals surface area contributed by atoms with E-state index in [9.17, 15) is 15.0 Å². The van der Waals surface area contributed by atoms with Gasteiger partial charge >= 0.3 is 5.97 Å². The molecular formula is C19H43N2O6+. The van der Waals surface area contributed by atoms with Crippen molar-refractivity contribution < 1.29 is 34.8 Å². The van der Waals surface area contributed by atoms with Gasteiger partial charge in [-0.3, -0.25) is 9.69 Å². The van der Waals surface area contributed by atoms with Gasteiger partial charge in [0.1, 0.15) is 6.04 Å². The van der Waals surface area contributed by atoms with Gasteiger partial charge in [-0.15, -0.1) is 0 Å². The highest BCUT2D eigenvalue weighted by Gasteiger charge is 2.31. The molecule has 0 aromatic rings. The van der Waals surface area contributed by atoms with Crippen LogP contribution >= 0.6 is 0 Å². The van der Waals surface area contributed by atoms with Gasteiger partial charge in [-0.25, -0.2) is 0 Å². The summed E-state index contributed by atoms with van der Waals surface area (Å²) in [5.41, 5.74) is 0. The first-order valence-electron chi connectivity index (χ1n) is 9.97. The summed E-state index contributed by atoms with van der Waals surface area (Å²) >= 11 is 0. The van der Waals surface area contributed by atoms with Crippen molar-refractivity contribution in [3.05, 3.63) is 0 Å². The maximum absolute atomic E-state index is 11.2. The van der Waals surface area contributed by atoms with Gasteiger partial charge in [0.15, 0.2) is 0 Å². The second kappa shape index (κ2) is 15.2. The smallest absolute Gasteiger partial charge is 0.321 e. The number of hydrogen-bond acceptors (Lipinski definition) is 6. The minimum Gasteiger partial charge on any atom is -0.480 e. The molecule has 5 N–H and O–H groups in total. The molecule has 0 aliphatic rings. The average Bonchev–Trinajstić information content (AvgIpc) is 2.63. The van der Waals surface area contributed by atoms with E-state index in [1.54, 1.807) is 13.8 Å². The molecule has 164 valence electrons. The highest BCUT2D eigenvalue weighted by molar-refractivity contribution is 5.73. The maximum Gasteiger partial charge on any atom is 0.321 e. The highest BCUT2D eigenvalue weighted by Crippen LogP contribution is 2.13. The Balaban J connectivity index is 0. The molecule has 3 atom stereocenters. The van der Waals surface area contributed by atoms with Crippen LogP contribution in [0.4, 0.5) is 0 Å². The SMILES string of the molecule is CC(C)C(C(=O)O)N(CC(O)CO)CC(O)CO.CC[N+](CC)(CC)CC. The standard InChI is InChI=1S/C11H23NO6.C8H20N/c1-7(2)10(11(17)18)12(3-8(15)5-13)4-9(16)6-14;1-5-9(6-2,7-3)8-4/h7-10,13-16H,3-6H2,1-2H3,(H,17,18);5-8H2,1-4H3/q;+1.